The van der Waals surface area contributed by atoms with Gasteiger partial charge in [-0.3, -0.25) is 4.68 Å². The van der Waals surface area contributed by atoms with Gasteiger partial charge < -0.3 is 9.47 Å². The van der Waals surface area contributed by atoms with Crippen LogP contribution in [0.2, 0.25) is 0 Å². The summed E-state index contributed by atoms with van der Waals surface area (Å²) in [6.07, 6.45) is 0.885. The number of rotatable bonds is 7. The van der Waals surface area contributed by atoms with Crippen molar-refractivity contribution in [1.82, 2.24) is 9.78 Å². The Labute approximate surface area is 184 Å². The van der Waals surface area contributed by atoms with E-state index in [9.17, 15) is 0 Å². The first-order valence-electron chi connectivity index (χ1n) is 10.6. The summed E-state index contributed by atoms with van der Waals surface area (Å²) in [5.74, 6) is 1.69. The number of ether oxygens (including phenoxy) is 2. The van der Waals surface area contributed by atoms with Gasteiger partial charge in [0, 0.05) is 16.7 Å². The van der Waals surface area contributed by atoms with Crippen molar-refractivity contribution in [2.75, 3.05) is 14.2 Å². The van der Waals surface area contributed by atoms with E-state index in [4.69, 9.17) is 14.6 Å². The van der Waals surface area contributed by atoms with Crippen molar-refractivity contribution in [3.05, 3.63) is 89.5 Å². The van der Waals surface area contributed by atoms with E-state index >= 15 is 0 Å². The highest BCUT2D eigenvalue weighted by molar-refractivity contribution is 5.75. The van der Waals surface area contributed by atoms with Crippen LogP contribution in [0, 0.1) is 6.92 Å². The van der Waals surface area contributed by atoms with E-state index in [1.165, 1.54) is 16.7 Å². The number of nitrogens with zero attached hydrogens (tertiary/aromatic N) is 2. The van der Waals surface area contributed by atoms with Gasteiger partial charge in [-0.2, -0.15) is 5.10 Å². The molecule has 0 aliphatic carbocycles. The predicted molar refractivity (Wildman–Crippen MR) is 126 cm³/mol. The van der Waals surface area contributed by atoms with Gasteiger partial charge in [-0.05, 0) is 67.4 Å². The molecule has 0 aliphatic rings. The van der Waals surface area contributed by atoms with Crippen molar-refractivity contribution in [3.63, 3.8) is 0 Å². The molecule has 0 radical (unpaired) electrons. The highest BCUT2D eigenvalue weighted by Gasteiger charge is 2.20. The van der Waals surface area contributed by atoms with E-state index in [0.29, 0.717) is 6.54 Å². The fourth-order valence-corrected chi connectivity index (χ4v) is 3.98. The highest BCUT2D eigenvalue weighted by atomic mass is 16.5. The Morgan fingerprint density at radius 1 is 0.806 bits per heavy atom. The quantitative estimate of drug-likeness (QED) is 0.365. The van der Waals surface area contributed by atoms with E-state index in [1.54, 1.807) is 14.2 Å². The fraction of sp³-hybridized carbons (Fsp3) is 0.222. The first kappa shape index (κ1) is 20.7. The third kappa shape index (κ3) is 4.33. The second kappa shape index (κ2) is 9.09. The lowest BCUT2D eigenvalue weighted by Crippen LogP contribution is -2.05. The predicted octanol–water partition coefficient (Wildman–Crippen LogP) is 6.15. The molecule has 31 heavy (non-hydrogen) atoms. The number of hydrogen-bond donors (Lipinski definition) is 0. The molecule has 1 aromatic heterocycles. The summed E-state index contributed by atoms with van der Waals surface area (Å²) in [5, 5.41) is 5.10. The molecule has 0 unspecified atom stereocenters. The second-order valence-electron chi connectivity index (χ2n) is 7.63. The lowest BCUT2D eigenvalue weighted by molar-refractivity contribution is 0.414. The van der Waals surface area contributed by atoms with Crippen LogP contribution >= 0.6 is 0 Å². The first-order chi connectivity index (χ1) is 15.1. The molecule has 0 saturated carbocycles. The van der Waals surface area contributed by atoms with Crippen LogP contribution < -0.4 is 9.47 Å². The summed E-state index contributed by atoms with van der Waals surface area (Å²) < 4.78 is 12.8. The Kier molecular flexibility index (Phi) is 6.08. The maximum Gasteiger partial charge on any atom is 0.118 e. The molecule has 0 atom stereocenters. The summed E-state index contributed by atoms with van der Waals surface area (Å²) >= 11 is 0. The fourth-order valence-electron chi connectivity index (χ4n) is 3.98. The van der Waals surface area contributed by atoms with E-state index in [-0.39, 0.29) is 0 Å². The normalized spacial score (nSPS) is 10.8. The van der Waals surface area contributed by atoms with Crippen molar-refractivity contribution in [2.45, 2.75) is 26.8 Å². The summed E-state index contributed by atoms with van der Waals surface area (Å²) in [7, 11) is 3.38. The van der Waals surface area contributed by atoms with Crippen molar-refractivity contribution in [1.29, 1.82) is 0 Å². The van der Waals surface area contributed by atoms with E-state index in [2.05, 4.69) is 67.1 Å². The maximum atomic E-state index is 5.36. The van der Waals surface area contributed by atoms with Crippen LogP contribution in [-0.4, -0.2) is 24.0 Å². The zero-order chi connectivity index (χ0) is 21.8. The van der Waals surface area contributed by atoms with Crippen LogP contribution in [0.25, 0.3) is 22.5 Å². The second-order valence-corrected chi connectivity index (χ2v) is 7.63. The van der Waals surface area contributed by atoms with Gasteiger partial charge >= 0.3 is 0 Å². The van der Waals surface area contributed by atoms with Crippen LogP contribution in [0.4, 0.5) is 0 Å². The Morgan fingerprint density at radius 2 is 1.42 bits per heavy atom. The lowest BCUT2D eigenvalue weighted by Gasteiger charge is -2.11. The van der Waals surface area contributed by atoms with Crippen molar-refractivity contribution in [3.8, 4) is 34.0 Å². The van der Waals surface area contributed by atoms with Crippen LogP contribution in [0.15, 0.2) is 72.8 Å². The standard InChI is InChI=1S/C27H28N2O2/c1-5-25-26(21-9-13-23(30-3)14-10-21)28-29(18-20-8-6-7-19(2)17-20)27(25)22-11-15-24(31-4)16-12-22/h6-17H,5,18H2,1-4H3. The van der Waals surface area contributed by atoms with Crippen LogP contribution in [-0.2, 0) is 13.0 Å². The largest absolute Gasteiger partial charge is 0.497 e. The van der Waals surface area contributed by atoms with Gasteiger partial charge in [0.05, 0.1) is 32.2 Å². The lowest BCUT2D eigenvalue weighted by atomic mass is 9.99. The van der Waals surface area contributed by atoms with Gasteiger partial charge in [0.25, 0.3) is 0 Å². The van der Waals surface area contributed by atoms with Gasteiger partial charge in [-0.15, -0.1) is 0 Å². The van der Waals surface area contributed by atoms with Crippen molar-refractivity contribution in [2.24, 2.45) is 0 Å². The van der Waals surface area contributed by atoms with Gasteiger partial charge in [0.1, 0.15) is 11.5 Å². The minimum Gasteiger partial charge on any atom is -0.497 e. The molecule has 0 spiro atoms. The summed E-state index contributed by atoms with van der Waals surface area (Å²) in [6, 6.07) is 25.0. The molecule has 0 saturated heterocycles. The van der Waals surface area contributed by atoms with Gasteiger partial charge in [0.2, 0.25) is 0 Å². The molecule has 3 aromatic carbocycles. The zero-order valence-corrected chi connectivity index (χ0v) is 18.6. The van der Waals surface area contributed by atoms with Crippen molar-refractivity contribution < 1.29 is 9.47 Å². The molecule has 0 aliphatic heterocycles. The summed E-state index contributed by atoms with van der Waals surface area (Å²) in [4.78, 5) is 0. The molecule has 0 bridgehead atoms. The summed E-state index contributed by atoms with van der Waals surface area (Å²) in [6.45, 7) is 5.03. The molecule has 0 fully saturated rings. The van der Waals surface area contributed by atoms with Crippen molar-refractivity contribution >= 4 is 0 Å². The number of benzene rings is 3. The third-order valence-electron chi connectivity index (χ3n) is 5.55. The smallest absolute Gasteiger partial charge is 0.118 e. The molecular weight excluding hydrogens is 384 g/mol. The maximum absolute atomic E-state index is 5.36. The van der Waals surface area contributed by atoms with E-state index in [0.717, 1.165) is 40.4 Å². The first-order valence-corrected chi connectivity index (χ1v) is 10.6. The number of aromatic nitrogens is 2. The molecule has 4 nitrogen and oxygen atoms in total. The van der Waals surface area contributed by atoms with Gasteiger partial charge in [0.15, 0.2) is 0 Å². The minimum absolute atomic E-state index is 0.714. The number of aryl methyl sites for hydroxylation is 1. The Bertz CT molecular complexity index is 1160. The molecule has 0 amide bonds. The zero-order valence-electron chi connectivity index (χ0n) is 18.6. The highest BCUT2D eigenvalue weighted by Crippen LogP contribution is 2.34. The van der Waals surface area contributed by atoms with Gasteiger partial charge in [-0.25, -0.2) is 0 Å². The molecular formula is C27H28N2O2. The van der Waals surface area contributed by atoms with Gasteiger partial charge in [-0.1, -0.05) is 36.8 Å². The molecule has 1 heterocycles. The summed E-state index contributed by atoms with van der Waals surface area (Å²) in [5.41, 5.74) is 8.12. The average Bonchev–Trinajstić information content (AvgIpc) is 3.17. The molecule has 158 valence electrons. The molecule has 4 heteroatoms. The van der Waals surface area contributed by atoms with Crippen LogP contribution in [0.1, 0.15) is 23.6 Å². The Hall–Kier alpha value is -3.53. The number of methoxy groups -OCH3 is 2. The van der Waals surface area contributed by atoms with E-state index < -0.39 is 0 Å². The number of hydrogen-bond acceptors (Lipinski definition) is 3. The minimum atomic E-state index is 0.714. The SMILES string of the molecule is CCc1c(-c2ccc(OC)cc2)nn(Cc2cccc(C)c2)c1-c1ccc(OC)cc1. The molecule has 4 aromatic rings. The Balaban J connectivity index is 1.86. The van der Waals surface area contributed by atoms with Crippen LogP contribution in [0.3, 0.4) is 0 Å². The Morgan fingerprint density at radius 3 is 1.97 bits per heavy atom. The molecule has 4 rings (SSSR count). The molecule has 0 N–H and O–H groups in total. The third-order valence-corrected chi connectivity index (χ3v) is 5.55. The van der Waals surface area contributed by atoms with Crippen LogP contribution in [0.5, 0.6) is 11.5 Å². The average molecular weight is 413 g/mol. The topological polar surface area (TPSA) is 36.3 Å². The monoisotopic (exact) mass is 412 g/mol. The van der Waals surface area contributed by atoms with E-state index in [1.807, 2.05) is 24.3 Å².